The first kappa shape index (κ1) is 25.9. The van der Waals surface area contributed by atoms with Gasteiger partial charge in [0, 0.05) is 13.0 Å². The SMILES string of the molecule is C=COC(=O)C(C/C=C/C(=O)O)CCCCC(C)(C)C.C=COC(C)=O. The van der Waals surface area contributed by atoms with Crippen molar-refractivity contribution in [2.75, 3.05) is 0 Å². The lowest BCUT2D eigenvalue weighted by Gasteiger charge is -2.18. The second-order valence-corrected chi connectivity index (χ2v) is 6.86. The van der Waals surface area contributed by atoms with Gasteiger partial charge in [-0.15, -0.1) is 0 Å². The van der Waals surface area contributed by atoms with E-state index in [1.807, 2.05) is 0 Å². The van der Waals surface area contributed by atoms with Gasteiger partial charge in [-0.3, -0.25) is 9.59 Å². The number of carbonyl (C=O) groups excluding carboxylic acids is 2. The van der Waals surface area contributed by atoms with Gasteiger partial charge in [-0.2, -0.15) is 0 Å². The van der Waals surface area contributed by atoms with Crippen LogP contribution in [0.4, 0.5) is 0 Å². The molecule has 1 atom stereocenters. The van der Waals surface area contributed by atoms with Gasteiger partial charge in [0.2, 0.25) is 0 Å². The van der Waals surface area contributed by atoms with E-state index in [9.17, 15) is 14.4 Å². The molecule has 0 aliphatic carbocycles. The van der Waals surface area contributed by atoms with Crippen molar-refractivity contribution in [3.05, 3.63) is 37.8 Å². The molecule has 6 nitrogen and oxygen atoms in total. The summed E-state index contributed by atoms with van der Waals surface area (Å²) in [5.74, 6) is -1.98. The smallest absolute Gasteiger partial charge is 0.327 e. The Balaban J connectivity index is 0. The fourth-order valence-electron chi connectivity index (χ4n) is 2.01. The predicted octanol–water partition coefficient (Wildman–Crippen LogP) is 4.62. The van der Waals surface area contributed by atoms with E-state index in [1.54, 1.807) is 0 Å². The molecule has 0 aliphatic rings. The normalized spacial score (nSPS) is 11.7. The highest BCUT2D eigenvalue weighted by Crippen LogP contribution is 2.24. The first-order valence-electron chi connectivity index (χ1n) is 8.52. The van der Waals surface area contributed by atoms with Gasteiger partial charge < -0.3 is 14.6 Å². The molecular weight excluding hydrogens is 336 g/mol. The lowest BCUT2D eigenvalue weighted by molar-refractivity contribution is -0.143. The van der Waals surface area contributed by atoms with E-state index < -0.39 is 5.97 Å². The molecule has 148 valence electrons. The lowest BCUT2D eigenvalue weighted by atomic mass is 9.88. The molecule has 0 aliphatic heterocycles. The molecule has 0 spiro atoms. The number of carbonyl (C=O) groups is 3. The monoisotopic (exact) mass is 368 g/mol. The summed E-state index contributed by atoms with van der Waals surface area (Å²) in [6, 6.07) is 0. The molecule has 1 N–H and O–H groups in total. The highest BCUT2D eigenvalue weighted by atomic mass is 16.5. The van der Waals surface area contributed by atoms with E-state index in [0.717, 1.165) is 37.9 Å². The summed E-state index contributed by atoms with van der Waals surface area (Å²) in [6.45, 7) is 14.4. The molecule has 0 aromatic carbocycles. The highest BCUT2D eigenvalue weighted by molar-refractivity contribution is 5.80. The summed E-state index contributed by atoms with van der Waals surface area (Å²) in [5.41, 5.74) is 0.292. The molecular formula is C20H32O6. The topological polar surface area (TPSA) is 89.9 Å². The van der Waals surface area contributed by atoms with Crippen molar-refractivity contribution >= 4 is 17.9 Å². The molecule has 1 unspecified atom stereocenters. The van der Waals surface area contributed by atoms with Crippen LogP contribution < -0.4 is 0 Å². The maximum Gasteiger partial charge on any atom is 0.327 e. The van der Waals surface area contributed by atoms with Gasteiger partial charge in [0.25, 0.3) is 0 Å². The van der Waals surface area contributed by atoms with Crippen LogP contribution in [0.3, 0.4) is 0 Å². The first-order valence-corrected chi connectivity index (χ1v) is 8.52. The molecule has 6 heteroatoms. The number of carboxylic acids is 1. The van der Waals surface area contributed by atoms with E-state index in [4.69, 9.17) is 9.84 Å². The third-order valence-corrected chi connectivity index (χ3v) is 3.19. The van der Waals surface area contributed by atoms with E-state index in [-0.39, 0.29) is 17.9 Å². The fraction of sp³-hybridized carbons (Fsp3) is 0.550. The Morgan fingerprint density at radius 1 is 1.08 bits per heavy atom. The van der Waals surface area contributed by atoms with E-state index in [0.29, 0.717) is 18.3 Å². The van der Waals surface area contributed by atoms with E-state index >= 15 is 0 Å². The van der Waals surface area contributed by atoms with Crippen molar-refractivity contribution in [1.82, 2.24) is 0 Å². The molecule has 0 bridgehead atoms. The van der Waals surface area contributed by atoms with Gasteiger partial charge in [-0.05, 0) is 24.7 Å². The number of esters is 2. The van der Waals surface area contributed by atoms with Crippen LogP contribution in [0.25, 0.3) is 0 Å². The average Bonchev–Trinajstić information content (AvgIpc) is 2.49. The number of carboxylic acid groups (broad SMARTS) is 1. The van der Waals surface area contributed by atoms with Crippen molar-refractivity contribution in [3.8, 4) is 0 Å². The fourth-order valence-corrected chi connectivity index (χ4v) is 2.01. The summed E-state index contributed by atoms with van der Waals surface area (Å²) in [6.07, 6.45) is 8.93. The second-order valence-electron chi connectivity index (χ2n) is 6.86. The van der Waals surface area contributed by atoms with Crippen molar-refractivity contribution in [2.45, 2.75) is 59.8 Å². The summed E-state index contributed by atoms with van der Waals surface area (Å²) in [7, 11) is 0. The highest BCUT2D eigenvalue weighted by Gasteiger charge is 2.18. The van der Waals surface area contributed by atoms with Gasteiger partial charge in [0.15, 0.2) is 0 Å². The zero-order valence-corrected chi connectivity index (χ0v) is 16.3. The first-order chi connectivity index (χ1) is 12.0. The molecule has 0 fully saturated rings. The minimum Gasteiger partial charge on any atom is -0.478 e. The van der Waals surface area contributed by atoms with Crippen molar-refractivity contribution in [3.63, 3.8) is 0 Å². The standard InChI is InChI=1S/C16H26O4.C4H6O2/c1-5-20-15(19)13(10-8-11-14(17)18)9-6-7-12-16(2,3)4;1-3-6-4(2)5/h5,8,11,13H,1,6-7,9-10,12H2,2-4H3,(H,17,18);3H,1H2,2H3/b11-8+;. The zero-order chi connectivity index (χ0) is 20.6. The molecule has 0 aromatic rings. The Morgan fingerprint density at radius 2 is 1.65 bits per heavy atom. The van der Waals surface area contributed by atoms with Crippen LogP contribution in [0.2, 0.25) is 0 Å². The van der Waals surface area contributed by atoms with Crippen molar-refractivity contribution in [1.29, 1.82) is 0 Å². The summed E-state index contributed by atoms with van der Waals surface area (Å²) in [5, 5.41) is 8.55. The largest absolute Gasteiger partial charge is 0.478 e. The number of hydrogen-bond acceptors (Lipinski definition) is 5. The van der Waals surface area contributed by atoms with Crippen LogP contribution in [0.5, 0.6) is 0 Å². The van der Waals surface area contributed by atoms with E-state index in [2.05, 4.69) is 38.7 Å². The molecule has 0 saturated heterocycles. The Bertz CT molecular complexity index is 485. The Hall–Kier alpha value is -2.37. The number of rotatable bonds is 10. The second kappa shape index (κ2) is 14.9. The van der Waals surface area contributed by atoms with Crippen LogP contribution in [0.1, 0.15) is 59.8 Å². The van der Waals surface area contributed by atoms with Crippen LogP contribution in [0, 0.1) is 11.3 Å². The lowest BCUT2D eigenvalue weighted by Crippen LogP contribution is -2.15. The average molecular weight is 368 g/mol. The molecule has 0 radical (unpaired) electrons. The quantitative estimate of drug-likeness (QED) is 0.262. The van der Waals surface area contributed by atoms with Crippen LogP contribution in [-0.2, 0) is 23.9 Å². The number of aliphatic carboxylic acids is 1. The van der Waals surface area contributed by atoms with Crippen LogP contribution >= 0.6 is 0 Å². The number of unbranched alkanes of at least 4 members (excludes halogenated alkanes) is 1. The van der Waals surface area contributed by atoms with Gasteiger partial charge in [-0.25, -0.2) is 4.79 Å². The van der Waals surface area contributed by atoms with Gasteiger partial charge in [0.05, 0.1) is 18.4 Å². The van der Waals surface area contributed by atoms with Crippen molar-refractivity contribution < 1.29 is 29.0 Å². The third kappa shape index (κ3) is 19.7. The molecule has 0 saturated carbocycles. The predicted molar refractivity (Wildman–Crippen MR) is 101 cm³/mol. The zero-order valence-electron chi connectivity index (χ0n) is 16.3. The summed E-state index contributed by atoms with van der Waals surface area (Å²) in [4.78, 5) is 31.9. The molecule has 0 heterocycles. The Labute approximate surface area is 156 Å². The summed E-state index contributed by atoms with van der Waals surface area (Å²) < 4.78 is 8.97. The maximum absolute atomic E-state index is 11.7. The van der Waals surface area contributed by atoms with Crippen LogP contribution in [-0.4, -0.2) is 23.0 Å². The maximum atomic E-state index is 11.7. The minimum absolute atomic E-state index is 0.292. The molecule has 0 amide bonds. The number of hydrogen-bond donors (Lipinski definition) is 1. The summed E-state index contributed by atoms with van der Waals surface area (Å²) >= 11 is 0. The van der Waals surface area contributed by atoms with Gasteiger partial charge in [-0.1, -0.05) is 52.8 Å². The molecule has 0 rings (SSSR count). The van der Waals surface area contributed by atoms with Crippen LogP contribution in [0.15, 0.2) is 37.8 Å². The van der Waals surface area contributed by atoms with Crippen molar-refractivity contribution in [2.24, 2.45) is 11.3 Å². The molecule has 26 heavy (non-hydrogen) atoms. The van der Waals surface area contributed by atoms with E-state index in [1.165, 1.54) is 13.0 Å². The Morgan fingerprint density at radius 3 is 2.04 bits per heavy atom. The van der Waals surface area contributed by atoms with Gasteiger partial charge >= 0.3 is 17.9 Å². The Kier molecular flexibility index (Phi) is 14.9. The number of ether oxygens (including phenoxy) is 2. The number of allylic oxidation sites excluding steroid dienone is 1. The minimum atomic E-state index is -1.01. The third-order valence-electron chi connectivity index (χ3n) is 3.19. The molecule has 0 aromatic heterocycles. The van der Waals surface area contributed by atoms with Gasteiger partial charge in [0.1, 0.15) is 0 Å².